The average Bonchev–Trinajstić information content (AvgIpc) is 2.77. The Bertz CT molecular complexity index is 622. The summed E-state index contributed by atoms with van der Waals surface area (Å²) in [5.41, 5.74) is 0.666. The fourth-order valence-corrected chi connectivity index (χ4v) is 2.73. The van der Waals surface area contributed by atoms with Gasteiger partial charge < -0.3 is 9.88 Å². The molecule has 3 rings (SSSR count). The molecule has 0 radical (unpaired) electrons. The van der Waals surface area contributed by atoms with Gasteiger partial charge in [-0.3, -0.25) is 4.79 Å². The summed E-state index contributed by atoms with van der Waals surface area (Å²) in [6.45, 7) is 2.71. The summed E-state index contributed by atoms with van der Waals surface area (Å²) in [5, 5.41) is 3.04. The highest BCUT2D eigenvalue weighted by Crippen LogP contribution is 2.28. The molecular formula is C13H12BrN3O. The highest BCUT2D eigenvalue weighted by Gasteiger charge is 2.35. The fourth-order valence-electron chi connectivity index (χ4n) is 2.33. The van der Waals surface area contributed by atoms with Crippen molar-refractivity contribution in [1.82, 2.24) is 14.9 Å². The SMILES string of the molecule is CC1(c2cccc(Br)c2)Cn2ccnc2C(=O)N1. The number of aromatic nitrogens is 2. The van der Waals surface area contributed by atoms with Crippen molar-refractivity contribution in [2.24, 2.45) is 0 Å². The molecular weight excluding hydrogens is 294 g/mol. The van der Waals surface area contributed by atoms with Crippen molar-refractivity contribution >= 4 is 21.8 Å². The Balaban J connectivity index is 2.05. The van der Waals surface area contributed by atoms with Gasteiger partial charge in [-0.25, -0.2) is 4.98 Å². The summed E-state index contributed by atoms with van der Waals surface area (Å²) in [4.78, 5) is 16.1. The number of imidazole rings is 1. The lowest BCUT2D eigenvalue weighted by Crippen LogP contribution is -2.51. The molecule has 0 spiro atoms. The average molecular weight is 306 g/mol. The van der Waals surface area contributed by atoms with Gasteiger partial charge in [-0.2, -0.15) is 0 Å². The Morgan fingerprint density at radius 3 is 3.11 bits per heavy atom. The number of hydrogen-bond acceptors (Lipinski definition) is 2. The monoisotopic (exact) mass is 305 g/mol. The number of nitrogens with one attached hydrogen (secondary N) is 1. The van der Waals surface area contributed by atoms with E-state index in [1.54, 1.807) is 6.20 Å². The Labute approximate surface area is 113 Å². The summed E-state index contributed by atoms with van der Waals surface area (Å²) in [7, 11) is 0. The van der Waals surface area contributed by atoms with Crippen molar-refractivity contribution in [3.63, 3.8) is 0 Å². The number of fused-ring (bicyclic) bond motifs is 1. The van der Waals surface area contributed by atoms with Gasteiger partial charge in [-0.1, -0.05) is 28.1 Å². The third-order valence-corrected chi connectivity index (χ3v) is 3.75. The second kappa shape index (κ2) is 3.95. The number of amides is 1. The van der Waals surface area contributed by atoms with Crippen LogP contribution < -0.4 is 5.32 Å². The maximum atomic E-state index is 12.0. The lowest BCUT2D eigenvalue weighted by molar-refractivity contribution is 0.0840. The highest BCUT2D eigenvalue weighted by molar-refractivity contribution is 9.10. The largest absolute Gasteiger partial charge is 0.338 e. The zero-order valence-corrected chi connectivity index (χ0v) is 11.4. The van der Waals surface area contributed by atoms with E-state index in [1.807, 2.05) is 42.0 Å². The topological polar surface area (TPSA) is 46.9 Å². The molecule has 1 aromatic carbocycles. The van der Waals surface area contributed by atoms with Gasteiger partial charge in [0.2, 0.25) is 0 Å². The van der Waals surface area contributed by atoms with E-state index in [0.29, 0.717) is 12.4 Å². The zero-order chi connectivity index (χ0) is 12.8. The van der Waals surface area contributed by atoms with E-state index in [9.17, 15) is 4.79 Å². The van der Waals surface area contributed by atoms with Crippen LogP contribution in [0.5, 0.6) is 0 Å². The van der Waals surface area contributed by atoms with Gasteiger partial charge in [0.15, 0.2) is 5.82 Å². The van der Waals surface area contributed by atoms with Crippen molar-refractivity contribution in [2.75, 3.05) is 0 Å². The second-order valence-electron chi connectivity index (χ2n) is 4.68. The molecule has 1 N–H and O–H groups in total. The van der Waals surface area contributed by atoms with Crippen molar-refractivity contribution < 1.29 is 4.79 Å². The van der Waals surface area contributed by atoms with E-state index in [4.69, 9.17) is 0 Å². The first-order valence-corrected chi connectivity index (χ1v) is 6.47. The van der Waals surface area contributed by atoms with E-state index < -0.39 is 5.54 Å². The number of rotatable bonds is 1. The summed E-state index contributed by atoms with van der Waals surface area (Å²) in [6, 6.07) is 8.00. The van der Waals surface area contributed by atoms with E-state index in [2.05, 4.69) is 26.2 Å². The fraction of sp³-hybridized carbons (Fsp3) is 0.231. The molecule has 1 unspecified atom stereocenters. The van der Waals surface area contributed by atoms with Gasteiger partial charge in [0.1, 0.15) is 0 Å². The summed E-state index contributed by atoms with van der Waals surface area (Å²) in [5.74, 6) is 0.344. The molecule has 4 nitrogen and oxygen atoms in total. The molecule has 1 amide bonds. The molecule has 1 aliphatic rings. The minimum absolute atomic E-state index is 0.131. The zero-order valence-electron chi connectivity index (χ0n) is 9.85. The van der Waals surface area contributed by atoms with Crippen molar-refractivity contribution in [3.05, 3.63) is 52.5 Å². The Morgan fingerprint density at radius 1 is 1.50 bits per heavy atom. The van der Waals surface area contributed by atoms with E-state index in [-0.39, 0.29) is 5.91 Å². The molecule has 0 aliphatic carbocycles. The molecule has 0 saturated carbocycles. The van der Waals surface area contributed by atoms with Crippen LogP contribution in [0.1, 0.15) is 23.1 Å². The number of carbonyl (C=O) groups is 1. The minimum atomic E-state index is -0.408. The predicted octanol–water partition coefficient (Wildman–Crippen LogP) is 2.30. The van der Waals surface area contributed by atoms with Crippen LogP contribution in [-0.2, 0) is 12.1 Å². The second-order valence-corrected chi connectivity index (χ2v) is 5.59. The van der Waals surface area contributed by atoms with Gasteiger partial charge in [0.05, 0.1) is 12.1 Å². The Kier molecular flexibility index (Phi) is 2.52. The molecule has 18 heavy (non-hydrogen) atoms. The van der Waals surface area contributed by atoms with E-state index >= 15 is 0 Å². The van der Waals surface area contributed by atoms with Crippen LogP contribution in [0.3, 0.4) is 0 Å². The van der Waals surface area contributed by atoms with Crippen LogP contribution in [0.15, 0.2) is 41.1 Å². The summed E-state index contributed by atoms with van der Waals surface area (Å²) < 4.78 is 2.90. The normalized spacial score (nSPS) is 22.4. The summed E-state index contributed by atoms with van der Waals surface area (Å²) in [6.07, 6.45) is 3.49. The Hall–Kier alpha value is -1.62. The van der Waals surface area contributed by atoms with Gasteiger partial charge in [-0.05, 0) is 24.6 Å². The lowest BCUT2D eigenvalue weighted by Gasteiger charge is -2.35. The highest BCUT2D eigenvalue weighted by atomic mass is 79.9. The molecule has 2 heterocycles. The van der Waals surface area contributed by atoms with Crippen molar-refractivity contribution in [2.45, 2.75) is 19.0 Å². The first kappa shape index (κ1) is 11.5. The van der Waals surface area contributed by atoms with Gasteiger partial charge in [0, 0.05) is 16.9 Å². The van der Waals surface area contributed by atoms with E-state index in [0.717, 1.165) is 10.0 Å². The maximum Gasteiger partial charge on any atom is 0.288 e. The van der Waals surface area contributed by atoms with Crippen molar-refractivity contribution in [3.8, 4) is 0 Å². The number of hydrogen-bond donors (Lipinski definition) is 1. The Morgan fingerprint density at radius 2 is 2.33 bits per heavy atom. The standard InChI is InChI=1S/C13H12BrN3O/c1-13(9-3-2-4-10(14)7-9)8-17-6-5-15-11(17)12(18)16-13/h2-7H,8H2,1H3,(H,16,18). The van der Waals surface area contributed by atoms with Gasteiger partial charge in [0.25, 0.3) is 5.91 Å². The van der Waals surface area contributed by atoms with Crippen LogP contribution in [-0.4, -0.2) is 15.5 Å². The quantitative estimate of drug-likeness (QED) is 0.879. The molecule has 1 aliphatic heterocycles. The van der Waals surface area contributed by atoms with Crippen LogP contribution in [0.4, 0.5) is 0 Å². The number of halogens is 1. The molecule has 92 valence electrons. The summed E-state index contributed by atoms with van der Waals surface area (Å²) >= 11 is 3.46. The molecule has 0 saturated heterocycles. The predicted molar refractivity (Wildman–Crippen MR) is 71.2 cm³/mol. The maximum absolute atomic E-state index is 12.0. The van der Waals surface area contributed by atoms with Crippen LogP contribution in [0, 0.1) is 0 Å². The minimum Gasteiger partial charge on any atom is -0.338 e. The number of carbonyl (C=O) groups excluding carboxylic acids is 1. The molecule has 2 aromatic rings. The van der Waals surface area contributed by atoms with Gasteiger partial charge in [-0.15, -0.1) is 0 Å². The van der Waals surface area contributed by atoms with Crippen LogP contribution in [0.25, 0.3) is 0 Å². The first-order valence-electron chi connectivity index (χ1n) is 5.68. The number of nitrogens with zero attached hydrogens (tertiary/aromatic N) is 2. The molecule has 0 fully saturated rings. The lowest BCUT2D eigenvalue weighted by atomic mass is 9.90. The van der Waals surface area contributed by atoms with Crippen molar-refractivity contribution in [1.29, 1.82) is 0 Å². The smallest absolute Gasteiger partial charge is 0.288 e. The van der Waals surface area contributed by atoms with E-state index in [1.165, 1.54) is 0 Å². The number of benzene rings is 1. The van der Waals surface area contributed by atoms with Crippen LogP contribution >= 0.6 is 15.9 Å². The third kappa shape index (κ3) is 1.75. The molecule has 1 atom stereocenters. The molecule has 5 heteroatoms. The van der Waals surface area contributed by atoms with Gasteiger partial charge >= 0.3 is 0 Å². The molecule has 1 aromatic heterocycles. The van der Waals surface area contributed by atoms with Crippen LogP contribution in [0.2, 0.25) is 0 Å². The first-order chi connectivity index (χ1) is 8.58. The molecule has 0 bridgehead atoms. The third-order valence-electron chi connectivity index (χ3n) is 3.26.